The van der Waals surface area contributed by atoms with Crippen molar-refractivity contribution in [2.75, 3.05) is 6.61 Å². The minimum atomic E-state index is -1.97. The maximum Gasteiger partial charge on any atom is 0.405 e. The van der Waals surface area contributed by atoms with Crippen molar-refractivity contribution in [3.05, 3.63) is 53.0 Å². The second-order valence-corrected chi connectivity index (χ2v) is 13.7. The molecule has 11 heteroatoms. The molecule has 1 atom stereocenters. The molecule has 2 aromatic rings. The fraction of sp³-hybridized carbons (Fsp3) is 0.476. The van der Waals surface area contributed by atoms with Crippen molar-refractivity contribution >= 4 is 20.1 Å². The summed E-state index contributed by atoms with van der Waals surface area (Å²) in [6.45, 7) is 15.1. The molecule has 2 rings (SSSR count). The van der Waals surface area contributed by atoms with Crippen LogP contribution in [-0.2, 0) is 15.7 Å². The van der Waals surface area contributed by atoms with E-state index in [2.05, 4.69) is 50.5 Å². The van der Waals surface area contributed by atoms with Crippen molar-refractivity contribution < 1.29 is 18.9 Å². The van der Waals surface area contributed by atoms with Gasteiger partial charge >= 0.3 is 11.8 Å². The molecule has 2 heterocycles. The Balaban J connectivity index is 2.38. The van der Waals surface area contributed by atoms with Crippen molar-refractivity contribution in [2.24, 2.45) is 5.73 Å². The summed E-state index contributed by atoms with van der Waals surface area (Å²) < 4.78 is 12.9. The van der Waals surface area contributed by atoms with Gasteiger partial charge in [0.05, 0.1) is 23.8 Å². The first kappa shape index (κ1) is 25.2. The molecule has 0 aromatic carbocycles. The SMILES string of the molecule is C=CCC(OC(N)=O)c1cc(-c2c([N+](=O)[O-])cnn2CCO[Si](C)(C)C(C)(C)C)ccn1. The molecule has 0 saturated heterocycles. The summed E-state index contributed by atoms with van der Waals surface area (Å²) in [6.07, 6.45) is 2.90. The van der Waals surface area contributed by atoms with E-state index >= 15 is 0 Å². The van der Waals surface area contributed by atoms with Crippen molar-refractivity contribution in [1.29, 1.82) is 0 Å². The molecule has 1 unspecified atom stereocenters. The summed E-state index contributed by atoms with van der Waals surface area (Å²) >= 11 is 0. The number of carbonyl (C=O) groups excluding carboxylic acids is 1. The molecule has 32 heavy (non-hydrogen) atoms. The summed E-state index contributed by atoms with van der Waals surface area (Å²) in [7, 11) is -1.97. The summed E-state index contributed by atoms with van der Waals surface area (Å²) in [5.74, 6) is 0. The summed E-state index contributed by atoms with van der Waals surface area (Å²) in [5, 5.41) is 15.9. The third kappa shape index (κ3) is 6.01. The van der Waals surface area contributed by atoms with Gasteiger partial charge in [-0.3, -0.25) is 19.8 Å². The van der Waals surface area contributed by atoms with Crippen LogP contribution in [0.2, 0.25) is 18.1 Å². The van der Waals surface area contributed by atoms with Gasteiger partial charge in [-0.05, 0) is 30.3 Å². The predicted octanol–water partition coefficient (Wildman–Crippen LogP) is 4.59. The molecule has 0 fully saturated rings. The smallest absolute Gasteiger partial charge is 0.405 e. The highest BCUT2D eigenvalue weighted by Gasteiger charge is 2.37. The zero-order valence-electron chi connectivity index (χ0n) is 19.2. The molecule has 0 bridgehead atoms. The number of nitrogens with zero attached hydrogens (tertiary/aromatic N) is 4. The molecule has 0 aliphatic rings. The number of rotatable bonds is 10. The number of carbonyl (C=O) groups is 1. The molecule has 0 saturated carbocycles. The lowest BCUT2D eigenvalue weighted by molar-refractivity contribution is -0.384. The van der Waals surface area contributed by atoms with E-state index < -0.39 is 25.4 Å². The monoisotopic (exact) mass is 461 g/mol. The third-order valence-electron chi connectivity index (χ3n) is 5.61. The van der Waals surface area contributed by atoms with Gasteiger partial charge in [-0.2, -0.15) is 5.10 Å². The van der Waals surface area contributed by atoms with Crippen molar-refractivity contribution in [3.8, 4) is 11.3 Å². The Labute approximate surface area is 188 Å². The van der Waals surface area contributed by atoms with Gasteiger partial charge in [-0.25, -0.2) is 4.79 Å². The molecule has 2 aromatic heterocycles. The highest BCUT2D eigenvalue weighted by Crippen LogP contribution is 2.37. The Morgan fingerprint density at radius 3 is 2.69 bits per heavy atom. The van der Waals surface area contributed by atoms with Crippen LogP contribution in [0.3, 0.4) is 0 Å². The maximum absolute atomic E-state index is 11.7. The van der Waals surface area contributed by atoms with E-state index in [4.69, 9.17) is 14.9 Å². The fourth-order valence-corrected chi connectivity index (χ4v) is 3.91. The lowest BCUT2D eigenvalue weighted by Crippen LogP contribution is -2.41. The minimum Gasteiger partial charge on any atom is -0.440 e. The quantitative estimate of drug-likeness (QED) is 0.236. The van der Waals surface area contributed by atoms with Gasteiger partial charge < -0.3 is 14.9 Å². The zero-order chi connectivity index (χ0) is 24.1. The third-order valence-corrected chi connectivity index (χ3v) is 10.2. The Bertz CT molecular complexity index is 983. The van der Waals surface area contributed by atoms with Crippen LogP contribution in [-0.4, -0.2) is 40.7 Å². The fourth-order valence-electron chi connectivity index (χ4n) is 2.87. The Morgan fingerprint density at radius 2 is 2.12 bits per heavy atom. The van der Waals surface area contributed by atoms with E-state index in [1.807, 2.05) is 0 Å². The van der Waals surface area contributed by atoms with Crippen molar-refractivity contribution in [3.63, 3.8) is 0 Å². The van der Waals surface area contributed by atoms with Crippen LogP contribution in [0.15, 0.2) is 37.2 Å². The van der Waals surface area contributed by atoms with Gasteiger partial charge in [-0.1, -0.05) is 26.8 Å². The number of hydrogen-bond acceptors (Lipinski definition) is 7. The second kappa shape index (κ2) is 10.0. The van der Waals surface area contributed by atoms with Crippen LogP contribution in [0.4, 0.5) is 10.5 Å². The zero-order valence-corrected chi connectivity index (χ0v) is 20.2. The molecule has 0 spiro atoms. The summed E-state index contributed by atoms with van der Waals surface area (Å²) in [4.78, 5) is 26.7. The average Bonchev–Trinajstić information content (AvgIpc) is 3.10. The van der Waals surface area contributed by atoms with E-state index in [9.17, 15) is 14.9 Å². The largest absolute Gasteiger partial charge is 0.440 e. The van der Waals surface area contributed by atoms with Gasteiger partial charge in [0.2, 0.25) is 0 Å². The van der Waals surface area contributed by atoms with Gasteiger partial charge in [0.1, 0.15) is 18.0 Å². The number of hydrogen-bond donors (Lipinski definition) is 1. The minimum absolute atomic E-state index is 0.0482. The van der Waals surface area contributed by atoms with Crippen molar-refractivity contribution in [2.45, 2.75) is 58.0 Å². The van der Waals surface area contributed by atoms with E-state index in [0.29, 0.717) is 36.5 Å². The summed E-state index contributed by atoms with van der Waals surface area (Å²) in [5.41, 5.74) is 6.28. The second-order valence-electron chi connectivity index (χ2n) is 8.89. The molecule has 0 aliphatic heterocycles. The van der Waals surface area contributed by atoms with E-state index in [-0.39, 0.29) is 10.7 Å². The molecule has 2 N–H and O–H groups in total. The van der Waals surface area contributed by atoms with Gasteiger partial charge in [0, 0.05) is 18.2 Å². The number of pyridine rings is 1. The lowest BCUT2D eigenvalue weighted by atomic mass is 10.1. The van der Waals surface area contributed by atoms with Crippen LogP contribution in [0.25, 0.3) is 11.3 Å². The molecular formula is C21H31N5O5Si. The van der Waals surface area contributed by atoms with Crippen molar-refractivity contribution in [1.82, 2.24) is 14.8 Å². The Kier molecular flexibility index (Phi) is 7.91. The molecule has 10 nitrogen and oxygen atoms in total. The standard InChI is InChI=1S/C21H31N5O5Si/c1-7-8-18(31-20(22)27)16-13-15(9-10-23-16)19-17(26(28)29)14-24-25(19)11-12-30-32(5,6)21(2,3)4/h7,9-10,13-14,18H,1,8,11-12H2,2-6H3,(H2,22,27). The normalized spacial score (nSPS) is 12.9. The maximum atomic E-state index is 11.7. The van der Waals surface area contributed by atoms with Gasteiger partial charge in [0.25, 0.3) is 0 Å². The van der Waals surface area contributed by atoms with Gasteiger partial charge in [0.15, 0.2) is 8.32 Å². The van der Waals surface area contributed by atoms with E-state index in [0.717, 1.165) is 0 Å². The van der Waals surface area contributed by atoms with Crippen LogP contribution in [0, 0.1) is 10.1 Å². The van der Waals surface area contributed by atoms with Crippen LogP contribution >= 0.6 is 0 Å². The number of amides is 1. The first-order valence-electron chi connectivity index (χ1n) is 10.2. The Morgan fingerprint density at radius 1 is 1.44 bits per heavy atom. The average molecular weight is 462 g/mol. The number of primary amides is 1. The molecule has 0 aliphatic carbocycles. The van der Waals surface area contributed by atoms with Gasteiger partial charge in [-0.15, -0.1) is 6.58 Å². The number of ether oxygens (including phenoxy) is 1. The molecule has 174 valence electrons. The van der Waals surface area contributed by atoms with E-state index in [1.165, 1.54) is 12.4 Å². The van der Waals surface area contributed by atoms with E-state index in [1.54, 1.807) is 22.9 Å². The topological polar surface area (TPSA) is 135 Å². The van der Waals surface area contributed by atoms with Crippen LogP contribution in [0.5, 0.6) is 0 Å². The predicted molar refractivity (Wildman–Crippen MR) is 123 cm³/mol. The lowest BCUT2D eigenvalue weighted by Gasteiger charge is -2.36. The summed E-state index contributed by atoms with van der Waals surface area (Å²) in [6, 6.07) is 3.28. The Hall–Kier alpha value is -3.05. The van der Waals surface area contributed by atoms with Crippen LogP contribution in [0.1, 0.15) is 39.0 Å². The number of aromatic nitrogens is 3. The molecular weight excluding hydrogens is 430 g/mol. The molecule has 1 amide bonds. The number of nitrogens with two attached hydrogens (primary N) is 1. The van der Waals surface area contributed by atoms with Crippen LogP contribution < -0.4 is 5.73 Å². The number of nitro groups is 1. The first-order chi connectivity index (χ1) is 14.9. The highest BCUT2D eigenvalue weighted by molar-refractivity contribution is 6.74. The first-order valence-corrected chi connectivity index (χ1v) is 13.2. The molecule has 0 radical (unpaired) electrons. The highest BCUT2D eigenvalue weighted by atomic mass is 28.4.